The molecule has 106 valence electrons. The van der Waals surface area contributed by atoms with Crippen LogP contribution >= 0.6 is 0 Å². The van der Waals surface area contributed by atoms with E-state index in [-0.39, 0.29) is 0 Å². The third-order valence-electron chi connectivity index (χ3n) is 4.76. The summed E-state index contributed by atoms with van der Waals surface area (Å²) in [7, 11) is 2.31. The fourth-order valence-corrected chi connectivity index (χ4v) is 3.85. The van der Waals surface area contributed by atoms with Gasteiger partial charge < -0.3 is 10.2 Å². The monoisotopic (exact) mass is 253 g/mol. The summed E-state index contributed by atoms with van der Waals surface area (Å²) >= 11 is 0. The van der Waals surface area contributed by atoms with Gasteiger partial charge in [0.15, 0.2) is 0 Å². The van der Waals surface area contributed by atoms with Gasteiger partial charge in [0.05, 0.1) is 0 Å². The molecule has 0 aromatic rings. The zero-order chi connectivity index (χ0) is 13.0. The minimum Gasteiger partial charge on any atom is -0.316 e. The van der Waals surface area contributed by atoms with E-state index in [9.17, 15) is 0 Å². The molecule has 18 heavy (non-hydrogen) atoms. The largest absolute Gasteiger partial charge is 0.316 e. The van der Waals surface area contributed by atoms with Crippen molar-refractivity contribution in [3.63, 3.8) is 0 Å². The molecule has 2 aliphatic heterocycles. The van der Waals surface area contributed by atoms with Crippen LogP contribution in [0, 0.1) is 5.41 Å². The summed E-state index contributed by atoms with van der Waals surface area (Å²) in [5, 5.41) is 3.56. The first-order valence-corrected chi connectivity index (χ1v) is 7.76. The first-order chi connectivity index (χ1) is 8.63. The molecule has 2 unspecified atom stereocenters. The fraction of sp³-hybridized carbons (Fsp3) is 1.00. The van der Waals surface area contributed by atoms with Crippen LogP contribution in [0.15, 0.2) is 0 Å². The number of hydrogen-bond donors (Lipinski definition) is 1. The van der Waals surface area contributed by atoms with Crippen molar-refractivity contribution in [1.82, 2.24) is 15.1 Å². The number of piperidine rings is 1. The molecule has 0 aliphatic carbocycles. The van der Waals surface area contributed by atoms with Gasteiger partial charge in [-0.2, -0.15) is 0 Å². The predicted molar refractivity (Wildman–Crippen MR) is 78.0 cm³/mol. The molecule has 2 saturated heterocycles. The van der Waals surface area contributed by atoms with Crippen LogP contribution in [-0.4, -0.2) is 62.2 Å². The van der Waals surface area contributed by atoms with Crippen LogP contribution in [0.25, 0.3) is 0 Å². The topological polar surface area (TPSA) is 18.5 Å². The molecule has 0 aromatic heterocycles. The van der Waals surface area contributed by atoms with Crippen molar-refractivity contribution in [2.75, 3.05) is 46.3 Å². The normalized spacial score (nSPS) is 34.3. The van der Waals surface area contributed by atoms with Crippen LogP contribution < -0.4 is 5.32 Å². The zero-order valence-electron chi connectivity index (χ0n) is 12.5. The Balaban J connectivity index is 1.78. The predicted octanol–water partition coefficient (Wildman–Crippen LogP) is 1.79. The van der Waals surface area contributed by atoms with E-state index in [4.69, 9.17) is 0 Å². The van der Waals surface area contributed by atoms with Gasteiger partial charge in [-0.15, -0.1) is 0 Å². The molecule has 2 rings (SSSR count). The average Bonchev–Trinajstić information content (AvgIpc) is 2.76. The molecule has 0 saturated carbocycles. The number of likely N-dealkylation sites (tertiary alicyclic amines) is 1. The Labute approximate surface area is 113 Å². The molecular weight excluding hydrogens is 222 g/mol. The summed E-state index contributed by atoms with van der Waals surface area (Å²) in [5.41, 5.74) is 0.489. The lowest BCUT2D eigenvalue weighted by atomic mass is 9.82. The van der Waals surface area contributed by atoms with Gasteiger partial charge in [-0.1, -0.05) is 13.8 Å². The van der Waals surface area contributed by atoms with Gasteiger partial charge >= 0.3 is 0 Å². The summed E-state index contributed by atoms with van der Waals surface area (Å²) in [5.74, 6) is 0. The summed E-state index contributed by atoms with van der Waals surface area (Å²) in [6.45, 7) is 12.2. The van der Waals surface area contributed by atoms with Gasteiger partial charge in [0.1, 0.15) is 0 Å². The Morgan fingerprint density at radius 2 is 2.22 bits per heavy atom. The molecule has 0 amide bonds. The van der Waals surface area contributed by atoms with Gasteiger partial charge in [0.2, 0.25) is 0 Å². The van der Waals surface area contributed by atoms with E-state index in [1.807, 2.05) is 0 Å². The lowest BCUT2D eigenvalue weighted by molar-refractivity contribution is 0.125. The summed E-state index contributed by atoms with van der Waals surface area (Å²) in [6, 6.07) is 0.806. The molecule has 2 aliphatic rings. The van der Waals surface area contributed by atoms with E-state index in [1.165, 1.54) is 65.0 Å². The Morgan fingerprint density at radius 1 is 1.39 bits per heavy atom. The highest BCUT2D eigenvalue weighted by molar-refractivity contribution is 4.86. The van der Waals surface area contributed by atoms with Gasteiger partial charge in [-0.3, -0.25) is 4.90 Å². The van der Waals surface area contributed by atoms with E-state index < -0.39 is 0 Å². The second kappa shape index (κ2) is 6.36. The molecular formula is C15H31N3. The Hall–Kier alpha value is -0.120. The van der Waals surface area contributed by atoms with Crippen molar-refractivity contribution in [3.05, 3.63) is 0 Å². The molecule has 0 aromatic carbocycles. The molecule has 0 spiro atoms. The average molecular weight is 253 g/mol. The maximum absolute atomic E-state index is 3.56. The van der Waals surface area contributed by atoms with E-state index in [0.717, 1.165) is 6.04 Å². The van der Waals surface area contributed by atoms with Crippen LogP contribution in [0.3, 0.4) is 0 Å². The van der Waals surface area contributed by atoms with E-state index >= 15 is 0 Å². The van der Waals surface area contributed by atoms with E-state index in [0.29, 0.717) is 5.41 Å². The minimum atomic E-state index is 0.489. The van der Waals surface area contributed by atoms with Gasteiger partial charge in [-0.25, -0.2) is 0 Å². The molecule has 2 atom stereocenters. The maximum atomic E-state index is 3.56. The molecule has 0 bridgehead atoms. The number of rotatable bonds is 5. The van der Waals surface area contributed by atoms with Crippen LogP contribution in [0.2, 0.25) is 0 Å². The third-order valence-corrected chi connectivity index (χ3v) is 4.76. The number of hydrogen-bond acceptors (Lipinski definition) is 3. The lowest BCUT2D eigenvalue weighted by Gasteiger charge is -2.38. The first kappa shape index (κ1) is 14.3. The van der Waals surface area contributed by atoms with Crippen molar-refractivity contribution in [2.45, 2.75) is 45.6 Å². The summed E-state index contributed by atoms with van der Waals surface area (Å²) < 4.78 is 0. The molecule has 1 N–H and O–H groups in total. The van der Waals surface area contributed by atoms with Crippen LogP contribution in [0.4, 0.5) is 0 Å². The standard InChI is InChI=1S/C15H31N3/c1-4-18-10-5-7-14(18)11-17(3)13-15(2)8-6-9-16-12-15/h14,16H,4-13H2,1-3H3. The first-order valence-electron chi connectivity index (χ1n) is 7.76. The number of nitrogens with zero attached hydrogens (tertiary/aromatic N) is 2. The molecule has 2 fully saturated rings. The molecule has 0 radical (unpaired) electrons. The second-order valence-corrected chi connectivity index (χ2v) is 6.71. The van der Waals surface area contributed by atoms with Gasteiger partial charge in [-0.05, 0) is 57.8 Å². The number of likely N-dealkylation sites (N-methyl/N-ethyl adjacent to an activating group) is 2. The van der Waals surface area contributed by atoms with E-state index in [2.05, 4.69) is 36.0 Å². The quantitative estimate of drug-likeness (QED) is 0.806. The molecule has 3 nitrogen and oxygen atoms in total. The van der Waals surface area contributed by atoms with Crippen LogP contribution in [0.1, 0.15) is 39.5 Å². The minimum absolute atomic E-state index is 0.489. The maximum Gasteiger partial charge on any atom is 0.0223 e. The summed E-state index contributed by atoms with van der Waals surface area (Å²) in [4.78, 5) is 5.23. The van der Waals surface area contributed by atoms with Crippen molar-refractivity contribution < 1.29 is 0 Å². The molecule has 3 heteroatoms. The van der Waals surface area contributed by atoms with Crippen molar-refractivity contribution in [2.24, 2.45) is 5.41 Å². The van der Waals surface area contributed by atoms with Gasteiger partial charge in [0.25, 0.3) is 0 Å². The SMILES string of the molecule is CCN1CCCC1CN(C)CC1(C)CCCNC1. The Bertz CT molecular complexity index is 248. The Morgan fingerprint density at radius 3 is 2.89 bits per heavy atom. The lowest BCUT2D eigenvalue weighted by Crippen LogP contribution is -2.47. The highest BCUT2D eigenvalue weighted by Gasteiger charge is 2.30. The van der Waals surface area contributed by atoms with E-state index in [1.54, 1.807) is 0 Å². The van der Waals surface area contributed by atoms with Crippen molar-refractivity contribution in [3.8, 4) is 0 Å². The highest BCUT2D eigenvalue weighted by Crippen LogP contribution is 2.27. The smallest absolute Gasteiger partial charge is 0.0223 e. The van der Waals surface area contributed by atoms with Crippen LogP contribution in [-0.2, 0) is 0 Å². The van der Waals surface area contributed by atoms with Gasteiger partial charge in [0, 0.05) is 25.7 Å². The molecule has 2 heterocycles. The Kier molecular flexibility index (Phi) is 5.05. The van der Waals surface area contributed by atoms with Crippen molar-refractivity contribution >= 4 is 0 Å². The summed E-state index contributed by atoms with van der Waals surface area (Å²) in [6.07, 6.45) is 5.51. The zero-order valence-corrected chi connectivity index (χ0v) is 12.5. The number of nitrogens with one attached hydrogen (secondary N) is 1. The second-order valence-electron chi connectivity index (χ2n) is 6.71. The fourth-order valence-electron chi connectivity index (χ4n) is 3.85. The van der Waals surface area contributed by atoms with Crippen LogP contribution in [0.5, 0.6) is 0 Å². The highest BCUT2D eigenvalue weighted by atomic mass is 15.2. The third kappa shape index (κ3) is 3.69. The van der Waals surface area contributed by atoms with Crippen molar-refractivity contribution in [1.29, 1.82) is 0 Å².